The molecule has 1 aliphatic carbocycles. The summed E-state index contributed by atoms with van der Waals surface area (Å²) < 4.78 is 20.6. The summed E-state index contributed by atoms with van der Waals surface area (Å²) >= 11 is 6.15. The number of primary amides is 1. The lowest BCUT2D eigenvalue weighted by Crippen LogP contribution is -2.69. The number of nitrogens with two attached hydrogens (primary N) is 1. The Morgan fingerprint density at radius 2 is 2.03 bits per heavy atom. The van der Waals surface area contributed by atoms with Crippen LogP contribution in [0.25, 0.3) is 0 Å². The van der Waals surface area contributed by atoms with Gasteiger partial charge in [-0.1, -0.05) is 23.7 Å². The molecule has 2 aliphatic rings. The molecule has 9 heteroatoms. The number of nitrogens with one attached hydrogen (secondary N) is 1. The standard InChI is InChI=1S/C28H45ClFN3O4/c1-32-18-22(17-20-10-12-23(34)13-11-20)33(27(31)35)15-6-7-21(19-33)28(36,14-3-4-16-37-2)24-8-5-9-25(29)26(24)30/h5,8-9,20-23,32,34,36H,3-4,6-7,10-19H2,1-2H3,(H-,31,35)/p+1/t20?,21-,22+,23?,28+,33?/m1/s1. The number of quaternary nitrogens is 1. The van der Waals surface area contributed by atoms with E-state index in [1.807, 2.05) is 7.05 Å². The number of likely N-dealkylation sites (tertiary alicyclic amines) is 1. The lowest BCUT2D eigenvalue weighted by Gasteiger charge is -2.50. The third-order valence-corrected chi connectivity index (χ3v) is 9.20. The number of halogens is 2. The summed E-state index contributed by atoms with van der Waals surface area (Å²) in [5, 5.41) is 25.5. The number of rotatable bonds is 12. The molecule has 0 spiro atoms. The van der Waals surface area contributed by atoms with E-state index in [1.54, 1.807) is 19.2 Å². The summed E-state index contributed by atoms with van der Waals surface area (Å²) in [5.74, 6) is -0.555. The minimum Gasteiger partial charge on any atom is -0.393 e. The molecule has 2 amide bonds. The monoisotopic (exact) mass is 542 g/mol. The summed E-state index contributed by atoms with van der Waals surface area (Å²) in [6.45, 7) is 2.13. The van der Waals surface area contributed by atoms with Crippen molar-refractivity contribution in [2.45, 2.75) is 82.0 Å². The van der Waals surface area contributed by atoms with Gasteiger partial charge in [0.2, 0.25) is 0 Å². The van der Waals surface area contributed by atoms with Crippen LogP contribution >= 0.6 is 11.6 Å². The number of amides is 2. The first-order chi connectivity index (χ1) is 17.7. The maximum atomic E-state index is 15.4. The molecule has 4 atom stereocenters. The van der Waals surface area contributed by atoms with E-state index in [-0.39, 0.29) is 33.1 Å². The Kier molecular flexibility index (Phi) is 11.2. The van der Waals surface area contributed by atoms with E-state index in [0.29, 0.717) is 57.8 Å². The highest BCUT2D eigenvalue weighted by Crippen LogP contribution is 2.44. The number of carbonyl (C=O) groups is 1. The second-order valence-electron chi connectivity index (χ2n) is 11.2. The van der Waals surface area contributed by atoms with Crippen LogP contribution in [0.2, 0.25) is 5.02 Å². The first-order valence-corrected chi connectivity index (χ1v) is 14.2. The van der Waals surface area contributed by atoms with Crippen molar-refractivity contribution in [3.63, 3.8) is 0 Å². The van der Waals surface area contributed by atoms with E-state index in [4.69, 9.17) is 22.1 Å². The number of nitrogens with zero attached hydrogens (tertiary/aromatic N) is 1. The van der Waals surface area contributed by atoms with Crippen LogP contribution in [0.4, 0.5) is 9.18 Å². The van der Waals surface area contributed by atoms with Gasteiger partial charge < -0.3 is 26.0 Å². The Labute approximate surface area is 226 Å². The van der Waals surface area contributed by atoms with Crippen LogP contribution < -0.4 is 11.1 Å². The molecule has 1 aromatic rings. The van der Waals surface area contributed by atoms with Crippen molar-refractivity contribution in [1.82, 2.24) is 5.32 Å². The molecule has 0 radical (unpaired) electrons. The highest BCUT2D eigenvalue weighted by molar-refractivity contribution is 6.30. The number of hydrogen-bond acceptors (Lipinski definition) is 5. The van der Waals surface area contributed by atoms with E-state index in [9.17, 15) is 15.0 Å². The maximum absolute atomic E-state index is 15.4. The van der Waals surface area contributed by atoms with Crippen LogP contribution in [0.3, 0.4) is 0 Å². The van der Waals surface area contributed by atoms with Crippen molar-refractivity contribution in [2.75, 3.05) is 40.4 Å². The third kappa shape index (κ3) is 7.02. The van der Waals surface area contributed by atoms with Crippen LogP contribution in [0.1, 0.15) is 69.8 Å². The number of urea groups is 1. The van der Waals surface area contributed by atoms with Gasteiger partial charge in [0.05, 0.1) is 24.2 Å². The van der Waals surface area contributed by atoms with Crippen LogP contribution in [0, 0.1) is 17.7 Å². The zero-order chi connectivity index (χ0) is 27.1. The van der Waals surface area contributed by atoms with Gasteiger partial charge in [-0.15, -0.1) is 0 Å². The van der Waals surface area contributed by atoms with Gasteiger partial charge in [-0.25, -0.2) is 13.7 Å². The summed E-state index contributed by atoms with van der Waals surface area (Å²) in [4.78, 5) is 13.2. The first kappa shape index (κ1) is 30.3. The highest BCUT2D eigenvalue weighted by Gasteiger charge is 2.53. The summed E-state index contributed by atoms with van der Waals surface area (Å²) in [7, 11) is 3.52. The molecule has 2 fully saturated rings. The van der Waals surface area contributed by atoms with Gasteiger partial charge in [0.25, 0.3) is 0 Å². The van der Waals surface area contributed by atoms with E-state index in [2.05, 4.69) is 5.32 Å². The average Bonchev–Trinajstić information content (AvgIpc) is 2.89. The Balaban J connectivity index is 1.94. The normalized spacial score (nSPS) is 29.0. The molecule has 0 aromatic heterocycles. The van der Waals surface area contributed by atoms with E-state index in [0.717, 1.165) is 38.5 Å². The molecule has 210 valence electrons. The third-order valence-electron chi connectivity index (χ3n) is 8.90. The Hall–Kier alpha value is -1.29. The number of benzene rings is 1. The molecular weight excluding hydrogens is 497 g/mol. The Bertz CT molecular complexity index is 885. The van der Waals surface area contributed by atoms with Crippen LogP contribution in [0.15, 0.2) is 18.2 Å². The van der Waals surface area contributed by atoms with Crippen molar-refractivity contribution in [3.8, 4) is 0 Å². The Morgan fingerprint density at radius 1 is 1.30 bits per heavy atom. The molecule has 1 saturated heterocycles. The zero-order valence-electron chi connectivity index (χ0n) is 22.4. The van der Waals surface area contributed by atoms with Crippen molar-refractivity contribution in [3.05, 3.63) is 34.6 Å². The molecule has 3 rings (SSSR count). The topological polar surface area (TPSA) is 105 Å². The fourth-order valence-electron chi connectivity index (χ4n) is 6.80. The lowest BCUT2D eigenvalue weighted by atomic mass is 9.72. The van der Waals surface area contributed by atoms with Crippen LogP contribution in [-0.4, -0.2) is 73.3 Å². The first-order valence-electron chi connectivity index (χ1n) is 13.8. The molecule has 0 bridgehead atoms. The van der Waals surface area contributed by atoms with E-state index in [1.165, 1.54) is 6.07 Å². The largest absolute Gasteiger partial charge is 0.414 e. The highest BCUT2D eigenvalue weighted by atomic mass is 35.5. The molecule has 37 heavy (non-hydrogen) atoms. The summed E-state index contributed by atoms with van der Waals surface area (Å²) in [5.41, 5.74) is 4.88. The van der Waals surface area contributed by atoms with Gasteiger partial charge in [0.15, 0.2) is 0 Å². The average molecular weight is 543 g/mol. The second kappa shape index (κ2) is 13.7. The fourth-order valence-corrected chi connectivity index (χ4v) is 6.97. The number of methoxy groups -OCH3 is 1. The second-order valence-corrected chi connectivity index (χ2v) is 11.6. The van der Waals surface area contributed by atoms with Gasteiger partial charge in [0.1, 0.15) is 17.5 Å². The van der Waals surface area contributed by atoms with Crippen molar-refractivity contribution in [2.24, 2.45) is 17.6 Å². The summed E-state index contributed by atoms with van der Waals surface area (Å²) in [6.07, 6.45) is 7.11. The number of aliphatic hydroxyl groups excluding tert-OH is 1. The fraction of sp³-hybridized carbons (Fsp3) is 0.750. The van der Waals surface area contributed by atoms with Crippen LogP contribution in [-0.2, 0) is 10.3 Å². The minimum absolute atomic E-state index is 0.0215. The predicted molar refractivity (Wildman–Crippen MR) is 144 cm³/mol. The van der Waals surface area contributed by atoms with E-state index >= 15 is 4.39 Å². The molecular formula is C28H46ClFN3O4+. The number of aliphatic hydroxyl groups is 2. The molecule has 1 aromatic carbocycles. The maximum Gasteiger partial charge on any atom is 0.414 e. The number of carbonyl (C=O) groups excluding carboxylic acids is 1. The predicted octanol–water partition coefficient (Wildman–Crippen LogP) is 4.32. The number of ether oxygens (including phenoxy) is 1. The summed E-state index contributed by atoms with van der Waals surface area (Å²) in [6, 6.07) is 4.31. The van der Waals surface area contributed by atoms with Crippen molar-refractivity contribution in [1.29, 1.82) is 0 Å². The van der Waals surface area contributed by atoms with Crippen LogP contribution in [0.5, 0.6) is 0 Å². The lowest BCUT2D eigenvalue weighted by molar-refractivity contribution is -0.884. The zero-order valence-corrected chi connectivity index (χ0v) is 23.2. The molecule has 1 heterocycles. The molecule has 7 nitrogen and oxygen atoms in total. The van der Waals surface area contributed by atoms with Gasteiger partial charge in [-0.3, -0.25) is 0 Å². The van der Waals surface area contributed by atoms with Gasteiger partial charge >= 0.3 is 6.03 Å². The minimum atomic E-state index is -1.48. The quantitative estimate of drug-likeness (QED) is 0.232. The smallest absolute Gasteiger partial charge is 0.393 e. The number of hydrogen-bond donors (Lipinski definition) is 4. The number of likely N-dealkylation sites (N-methyl/N-ethyl adjacent to an activating group) is 1. The van der Waals surface area contributed by atoms with Gasteiger partial charge in [-0.2, -0.15) is 0 Å². The van der Waals surface area contributed by atoms with Gasteiger partial charge in [-0.05, 0) is 76.8 Å². The van der Waals surface area contributed by atoms with Gasteiger partial charge in [0, 0.05) is 38.2 Å². The molecule has 1 unspecified atom stereocenters. The van der Waals surface area contributed by atoms with Crippen molar-refractivity contribution < 1.29 is 28.6 Å². The molecule has 1 aliphatic heterocycles. The number of unbranched alkanes of at least 4 members (excludes halogenated alkanes) is 1. The molecule has 5 N–H and O–H groups in total. The molecule has 1 saturated carbocycles. The Morgan fingerprint density at radius 3 is 2.68 bits per heavy atom. The number of piperidine rings is 1. The van der Waals surface area contributed by atoms with E-state index < -0.39 is 17.4 Å². The van der Waals surface area contributed by atoms with Crippen molar-refractivity contribution >= 4 is 17.6 Å². The SMILES string of the molecule is CNC[C@H](CC1CCC(O)CC1)[N+]1(C(N)=O)CCC[C@@H]([C@@](O)(CCCCOC)c2cccc(Cl)c2F)C1.